The summed E-state index contributed by atoms with van der Waals surface area (Å²) in [6.45, 7) is 4.45. The van der Waals surface area contributed by atoms with E-state index in [1.54, 1.807) is 23.8 Å². The molecule has 3 aromatic heterocycles. The maximum Gasteiger partial charge on any atom is 0.355 e. The quantitative estimate of drug-likeness (QED) is 0.0880. The standard InChI is InChI=1S/C42H43N7O8/c1-3-5-8-16-48-22-45-30-12-9-13-31-35(30)37(48)25-20-49-33(36(25)46-31)18-27-26(39(49)52)21-56-41(55)42(27,4-2)57-34(50)15-14-32(40(53)54)47-38(51)28(43)17-23-19-44-29-11-7-6-10-24(23)29/h6-7,9-13,18-19,22,28,32,44H,3-5,8,14-17,20-21,43H2,1-2H3,(H,47,51)(H,53,54)/t28-,32-,42-/m0/s1. The first-order valence-electron chi connectivity index (χ1n) is 19.3. The number of amides is 1. The summed E-state index contributed by atoms with van der Waals surface area (Å²) >= 11 is 0. The molecule has 1 amide bonds. The van der Waals surface area contributed by atoms with Crippen LogP contribution in [0.1, 0.15) is 74.6 Å². The second-order valence-electron chi connectivity index (χ2n) is 14.8. The number of rotatable bonds is 14. The van der Waals surface area contributed by atoms with E-state index in [9.17, 15) is 29.1 Å². The van der Waals surface area contributed by atoms with Gasteiger partial charge in [0.05, 0.1) is 58.2 Å². The van der Waals surface area contributed by atoms with E-state index in [0.717, 1.165) is 64.6 Å². The Morgan fingerprint density at radius 2 is 1.93 bits per heavy atom. The van der Waals surface area contributed by atoms with Crippen LogP contribution in [0.5, 0.6) is 0 Å². The number of carboxylic acid groups (broad SMARTS) is 1. The SMILES string of the molecule is CCCCCN1C=Nc2cccc3nc4c(c1c23)Cn1c-4cc2c(c1=O)COC(=O)[C@@]2(CC)OC(=O)CC[C@H](NC(=O)[C@@H](N)Cc1c[nH]c2ccccc12)C(=O)O. The van der Waals surface area contributed by atoms with E-state index in [1.807, 2.05) is 48.8 Å². The number of carbonyl (C=O) groups is 4. The number of pyridine rings is 2. The maximum atomic E-state index is 14.3. The molecule has 6 heterocycles. The number of hydrogen-bond donors (Lipinski definition) is 4. The molecule has 5 aromatic rings. The van der Waals surface area contributed by atoms with Crippen molar-refractivity contribution in [2.75, 3.05) is 11.4 Å². The van der Waals surface area contributed by atoms with Crippen molar-refractivity contribution in [1.29, 1.82) is 0 Å². The van der Waals surface area contributed by atoms with Gasteiger partial charge in [-0.2, -0.15) is 0 Å². The number of nitrogens with zero attached hydrogens (tertiary/aromatic N) is 4. The van der Waals surface area contributed by atoms with Gasteiger partial charge in [-0.15, -0.1) is 0 Å². The van der Waals surface area contributed by atoms with Gasteiger partial charge in [0.1, 0.15) is 12.6 Å². The first-order valence-corrected chi connectivity index (χ1v) is 19.3. The number of esters is 2. The van der Waals surface area contributed by atoms with Crippen LogP contribution in [0, 0.1) is 0 Å². The fourth-order valence-electron chi connectivity index (χ4n) is 8.23. The zero-order valence-electron chi connectivity index (χ0n) is 31.7. The summed E-state index contributed by atoms with van der Waals surface area (Å²) in [7, 11) is 0. The van der Waals surface area contributed by atoms with E-state index in [-0.39, 0.29) is 43.5 Å². The summed E-state index contributed by atoms with van der Waals surface area (Å²) in [6, 6.07) is 12.4. The molecule has 57 heavy (non-hydrogen) atoms. The number of nitrogens with two attached hydrogens (primary N) is 1. The number of H-pyrrole nitrogens is 1. The average Bonchev–Trinajstić information content (AvgIpc) is 3.79. The Hall–Kier alpha value is -6.35. The first-order chi connectivity index (χ1) is 27.5. The third-order valence-corrected chi connectivity index (χ3v) is 11.2. The molecule has 0 saturated heterocycles. The van der Waals surface area contributed by atoms with Crippen LogP contribution < -0.4 is 21.5 Å². The minimum atomic E-state index is -1.98. The molecule has 3 aliphatic rings. The number of fused-ring (bicyclic) bond motifs is 6. The number of hydrogen-bond acceptors (Lipinski definition) is 11. The normalized spacial score (nSPS) is 17.5. The average molecular weight is 774 g/mol. The van der Waals surface area contributed by atoms with E-state index >= 15 is 0 Å². The molecule has 8 rings (SSSR count). The summed E-state index contributed by atoms with van der Waals surface area (Å²) in [6.07, 6.45) is 5.91. The van der Waals surface area contributed by atoms with Crippen LogP contribution >= 0.6 is 0 Å². The van der Waals surface area contributed by atoms with Crippen molar-refractivity contribution >= 4 is 63.3 Å². The van der Waals surface area contributed by atoms with Crippen LogP contribution in [-0.2, 0) is 53.8 Å². The highest BCUT2D eigenvalue weighted by Crippen LogP contribution is 2.47. The lowest BCUT2D eigenvalue weighted by atomic mass is 9.85. The number of unbranched alkanes of at least 4 members (excludes halogenated alkanes) is 2. The third-order valence-electron chi connectivity index (χ3n) is 11.2. The van der Waals surface area contributed by atoms with E-state index < -0.39 is 53.5 Å². The van der Waals surface area contributed by atoms with Crippen molar-refractivity contribution in [3.63, 3.8) is 0 Å². The number of aliphatic carboxylic acids is 1. The molecule has 0 aliphatic carbocycles. The highest BCUT2D eigenvalue weighted by Gasteiger charge is 2.50. The maximum absolute atomic E-state index is 14.3. The number of aromatic nitrogens is 3. The molecule has 5 N–H and O–H groups in total. The van der Waals surface area contributed by atoms with Gasteiger partial charge in [0.2, 0.25) is 11.5 Å². The van der Waals surface area contributed by atoms with Crippen molar-refractivity contribution in [2.24, 2.45) is 10.7 Å². The molecule has 0 unspecified atom stereocenters. The highest BCUT2D eigenvalue weighted by atomic mass is 16.6. The predicted octanol–water partition coefficient (Wildman–Crippen LogP) is 4.70. The molecule has 0 fully saturated rings. The molecular formula is C42H43N7O8. The summed E-state index contributed by atoms with van der Waals surface area (Å²) in [5.41, 5.74) is 10.2. The van der Waals surface area contributed by atoms with Gasteiger partial charge in [0, 0.05) is 41.2 Å². The fourth-order valence-corrected chi connectivity index (χ4v) is 8.23. The van der Waals surface area contributed by atoms with Crippen molar-refractivity contribution in [1.82, 2.24) is 19.9 Å². The number of aliphatic imine (C=N–C) groups is 1. The Bertz CT molecular complexity index is 2560. The van der Waals surface area contributed by atoms with Crippen LogP contribution in [0.2, 0.25) is 0 Å². The van der Waals surface area contributed by atoms with E-state index in [1.165, 1.54) is 0 Å². The number of carbonyl (C=O) groups excluding carboxylic acids is 3. The van der Waals surface area contributed by atoms with Gasteiger partial charge in [-0.1, -0.05) is 51.0 Å². The van der Waals surface area contributed by atoms with Crippen LogP contribution in [0.3, 0.4) is 0 Å². The number of nitrogens with one attached hydrogen (secondary N) is 2. The number of ether oxygens (including phenoxy) is 2. The van der Waals surface area contributed by atoms with Gasteiger partial charge >= 0.3 is 17.9 Å². The number of carboxylic acids is 1. The second kappa shape index (κ2) is 15.0. The monoisotopic (exact) mass is 773 g/mol. The Kier molecular flexibility index (Phi) is 9.86. The van der Waals surface area contributed by atoms with Gasteiger partial charge in [0.25, 0.3) is 5.56 Å². The minimum absolute atomic E-state index is 0.0659. The molecular weight excluding hydrogens is 731 g/mol. The topological polar surface area (TPSA) is 211 Å². The smallest absolute Gasteiger partial charge is 0.355 e. The van der Waals surface area contributed by atoms with Gasteiger partial charge in [-0.3, -0.25) is 14.4 Å². The van der Waals surface area contributed by atoms with Gasteiger partial charge in [-0.05, 0) is 55.5 Å². The third kappa shape index (κ3) is 6.50. The van der Waals surface area contributed by atoms with Crippen molar-refractivity contribution < 1.29 is 33.8 Å². The Morgan fingerprint density at radius 3 is 2.72 bits per heavy atom. The number of cyclic esters (lactones) is 1. The Morgan fingerprint density at radius 1 is 1.11 bits per heavy atom. The molecule has 3 atom stereocenters. The molecule has 0 radical (unpaired) electrons. The summed E-state index contributed by atoms with van der Waals surface area (Å²) in [5.74, 6) is -3.82. The zero-order valence-corrected chi connectivity index (χ0v) is 31.7. The molecule has 0 bridgehead atoms. The molecule has 294 valence electrons. The summed E-state index contributed by atoms with van der Waals surface area (Å²) in [4.78, 5) is 81.8. The van der Waals surface area contributed by atoms with E-state index in [4.69, 9.17) is 25.2 Å². The van der Waals surface area contributed by atoms with Crippen LogP contribution in [-0.4, -0.2) is 68.4 Å². The first kappa shape index (κ1) is 37.6. The lowest BCUT2D eigenvalue weighted by molar-refractivity contribution is -0.189. The van der Waals surface area contributed by atoms with Crippen LogP contribution in [0.15, 0.2) is 64.5 Å². The largest absolute Gasteiger partial charge is 0.480 e. The molecule has 15 nitrogen and oxygen atoms in total. The molecule has 0 saturated carbocycles. The molecule has 2 aromatic carbocycles. The van der Waals surface area contributed by atoms with Gasteiger partial charge < -0.3 is 40.1 Å². The van der Waals surface area contributed by atoms with Crippen molar-refractivity contribution in [3.8, 4) is 11.4 Å². The highest BCUT2D eigenvalue weighted by molar-refractivity contribution is 6.11. The van der Waals surface area contributed by atoms with Crippen molar-refractivity contribution in [2.45, 2.75) is 89.6 Å². The van der Waals surface area contributed by atoms with E-state index in [2.05, 4.69) is 22.1 Å². The number of aromatic amines is 1. The number of para-hydroxylation sites is 1. The van der Waals surface area contributed by atoms with Crippen molar-refractivity contribution in [3.05, 3.63) is 87.3 Å². The molecule has 3 aliphatic heterocycles. The summed E-state index contributed by atoms with van der Waals surface area (Å²) in [5, 5.41) is 14.2. The minimum Gasteiger partial charge on any atom is -0.480 e. The lowest BCUT2D eigenvalue weighted by Crippen LogP contribution is -2.50. The Labute approximate surface area is 326 Å². The fraction of sp³-hybridized carbons (Fsp3) is 0.357. The van der Waals surface area contributed by atoms with Gasteiger partial charge in [0.15, 0.2) is 0 Å². The zero-order chi connectivity index (χ0) is 40.0. The molecule has 0 spiro atoms. The van der Waals surface area contributed by atoms with E-state index in [0.29, 0.717) is 16.9 Å². The second-order valence-corrected chi connectivity index (χ2v) is 14.8. The summed E-state index contributed by atoms with van der Waals surface area (Å²) < 4.78 is 13.1. The number of anilines is 1. The lowest BCUT2D eigenvalue weighted by Gasteiger charge is -2.35. The van der Waals surface area contributed by atoms with Crippen LogP contribution in [0.25, 0.3) is 33.2 Å². The van der Waals surface area contributed by atoms with Gasteiger partial charge in [-0.25, -0.2) is 19.6 Å². The predicted molar refractivity (Wildman–Crippen MR) is 212 cm³/mol. The molecule has 15 heteroatoms. The number of benzene rings is 2. The van der Waals surface area contributed by atoms with Crippen LogP contribution in [0.4, 0.5) is 11.4 Å². The Balaban J connectivity index is 1.05.